The van der Waals surface area contributed by atoms with Gasteiger partial charge in [-0.25, -0.2) is 9.37 Å². The Balaban J connectivity index is 2.46. The number of allylic oxidation sites excluding steroid dienone is 11. The van der Waals surface area contributed by atoms with E-state index < -0.39 is 0 Å². The molecule has 0 aliphatic carbocycles. The Morgan fingerprint density at radius 1 is 1.12 bits per heavy atom. The molecule has 0 unspecified atom stereocenters. The van der Waals surface area contributed by atoms with Gasteiger partial charge >= 0.3 is 0 Å². The maximum absolute atomic E-state index is 15.5. The molecule has 3 N–H and O–H groups in total. The van der Waals surface area contributed by atoms with Gasteiger partial charge in [0.25, 0.3) is 0 Å². The zero-order valence-electron chi connectivity index (χ0n) is 26.3. The molecular weight excluding hydrogens is 521 g/mol. The fourth-order valence-electron chi connectivity index (χ4n) is 4.48. The molecule has 5 nitrogen and oxygen atoms in total. The van der Waals surface area contributed by atoms with Gasteiger partial charge in [0.15, 0.2) is 0 Å². The highest BCUT2D eigenvalue weighted by atomic mass is 19.1. The Morgan fingerprint density at radius 2 is 1.81 bits per heavy atom. The number of hydrogen-bond donors (Lipinski definition) is 3. The Kier molecular flexibility index (Phi) is 12.4. The number of benzene rings is 1. The summed E-state index contributed by atoms with van der Waals surface area (Å²) >= 11 is 0. The van der Waals surface area contributed by atoms with E-state index in [-0.39, 0.29) is 5.82 Å². The number of aromatic nitrogens is 2. The van der Waals surface area contributed by atoms with Crippen LogP contribution in [-0.4, -0.2) is 16.6 Å². The van der Waals surface area contributed by atoms with Crippen LogP contribution in [0.5, 0.6) is 0 Å². The number of halogens is 1. The van der Waals surface area contributed by atoms with Gasteiger partial charge in [0.05, 0.1) is 23.4 Å². The molecule has 0 spiro atoms. The molecule has 2 rings (SSSR count). The van der Waals surface area contributed by atoms with Gasteiger partial charge < -0.3 is 20.5 Å². The molecule has 0 atom stereocenters. The van der Waals surface area contributed by atoms with Gasteiger partial charge in [-0.3, -0.25) is 0 Å². The highest BCUT2D eigenvalue weighted by Crippen LogP contribution is 2.33. The Hall–Kier alpha value is -4.58. The van der Waals surface area contributed by atoms with E-state index in [9.17, 15) is 0 Å². The van der Waals surface area contributed by atoms with Gasteiger partial charge in [0.1, 0.15) is 5.82 Å². The van der Waals surface area contributed by atoms with Crippen LogP contribution in [-0.2, 0) is 0 Å². The molecule has 6 heteroatoms. The SMILES string of the molecule is C=C/C=C(\C(C)=C(/C)NC(=C)C(=C)c1cc(C(/C=C(\C=C)NC(=C)CC(C)C)=C/C)cc(F)c1NC)n1cnc(C)c1. The largest absolute Gasteiger partial charge is 0.385 e. The van der Waals surface area contributed by atoms with Crippen LogP contribution in [0, 0.1) is 18.7 Å². The van der Waals surface area contributed by atoms with Crippen molar-refractivity contribution in [2.45, 2.75) is 48.0 Å². The molecule has 0 fully saturated rings. The topological polar surface area (TPSA) is 53.9 Å². The Labute approximate surface area is 252 Å². The van der Waals surface area contributed by atoms with Crippen LogP contribution in [0.2, 0.25) is 0 Å². The number of nitrogens with one attached hydrogen (secondary N) is 3. The first-order valence-corrected chi connectivity index (χ1v) is 14.0. The van der Waals surface area contributed by atoms with Gasteiger partial charge in [-0.1, -0.05) is 58.9 Å². The molecule has 222 valence electrons. The molecule has 0 aliphatic rings. The molecule has 0 bridgehead atoms. The van der Waals surface area contributed by atoms with Crippen LogP contribution in [0.25, 0.3) is 16.8 Å². The van der Waals surface area contributed by atoms with Crippen molar-refractivity contribution in [2.75, 3.05) is 12.4 Å². The summed E-state index contributed by atoms with van der Waals surface area (Å²) in [6, 6.07) is 3.44. The number of aryl methyl sites for hydroxylation is 1. The first-order valence-electron chi connectivity index (χ1n) is 14.0. The monoisotopic (exact) mass is 567 g/mol. The summed E-state index contributed by atoms with van der Waals surface area (Å²) < 4.78 is 17.4. The zero-order chi connectivity index (χ0) is 31.6. The fourth-order valence-corrected chi connectivity index (χ4v) is 4.48. The van der Waals surface area contributed by atoms with Gasteiger partial charge in [0, 0.05) is 41.6 Å². The average Bonchev–Trinajstić information content (AvgIpc) is 3.37. The number of hydrogen-bond acceptors (Lipinski definition) is 4. The van der Waals surface area contributed by atoms with Crippen molar-refractivity contribution in [3.63, 3.8) is 0 Å². The fraction of sp³-hybridized carbons (Fsp3) is 0.250. The minimum atomic E-state index is -0.390. The molecule has 0 amide bonds. The summed E-state index contributed by atoms with van der Waals surface area (Å²) in [5.74, 6) is 0.0804. The summed E-state index contributed by atoms with van der Waals surface area (Å²) in [7, 11) is 1.69. The number of nitrogens with zero attached hydrogens (tertiary/aromatic N) is 2. The smallest absolute Gasteiger partial charge is 0.147 e. The van der Waals surface area contributed by atoms with Crippen molar-refractivity contribution in [1.82, 2.24) is 20.2 Å². The van der Waals surface area contributed by atoms with Crippen molar-refractivity contribution in [3.8, 4) is 0 Å². The highest BCUT2D eigenvalue weighted by molar-refractivity contribution is 5.87. The van der Waals surface area contributed by atoms with Crippen LogP contribution >= 0.6 is 0 Å². The summed E-state index contributed by atoms with van der Waals surface area (Å²) in [5, 5.41) is 9.69. The zero-order valence-corrected chi connectivity index (χ0v) is 26.3. The molecule has 42 heavy (non-hydrogen) atoms. The molecule has 2 aromatic rings. The lowest BCUT2D eigenvalue weighted by Gasteiger charge is -2.20. The van der Waals surface area contributed by atoms with E-state index in [0.717, 1.165) is 46.0 Å². The summed E-state index contributed by atoms with van der Waals surface area (Å²) in [5.41, 5.74) is 8.93. The third-order valence-electron chi connectivity index (χ3n) is 6.73. The first kappa shape index (κ1) is 33.6. The first-order chi connectivity index (χ1) is 19.9. The second kappa shape index (κ2) is 15.4. The number of rotatable bonds is 15. The van der Waals surface area contributed by atoms with Crippen LogP contribution in [0.15, 0.2) is 116 Å². The van der Waals surface area contributed by atoms with E-state index in [0.29, 0.717) is 34.0 Å². The van der Waals surface area contributed by atoms with Crippen LogP contribution in [0.4, 0.5) is 10.1 Å². The van der Waals surface area contributed by atoms with Crippen molar-refractivity contribution in [3.05, 3.63) is 139 Å². The lowest BCUT2D eigenvalue weighted by molar-refractivity contribution is 0.622. The van der Waals surface area contributed by atoms with E-state index in [2.05, 4.69) is 67.7 Å². The Morgan fingerprint density at radius 3 is 2.33 bits per heavy atom. The molecule has 1 aromatic carbocycles. The van der Waals surface area contributed by atoms with Gasteiger partial charge in [-0.2, -0.15) is 0 Å². The molecular formula is C36H46FN5. The minimum absolute atomic E-state index is 0.345. The summed E-state index contributed by atoms with van der Waals surface area (Å²) in [4.78, 5) is 4.34. The van der Waals surface area contributed by atoms with E-state index in [1.807, 2.05) is 62.8 Å². The molecule has 0 saturated carbocycles. The quantitative estimate of drug-likeness (QED) is 0.188. The minimum Gasteiger partial charge on any atom is -0.385 e. The molecule has 1 heterocycles. The summed E-state index contributed by atoms with van der Waals surface area (Å²) in [6.07, 6.45) is 13.8. The Bertz CT molecular complexity index is 1490. The van der Waals surface area contributed by atoms with Crippen molar-refractivity contribution in [1.29, 1.82) is 0 Å². The predicted octanol–water partition coefficient (Wildman–Crippen LogP) is 9.13. The number of imidazole rings is 1. The normalized spacial score (nSPS) is 12.9. The molecule has 0 aliphatic heterocycles. The lowest BCUT2D eigenvalue weighted by Crippen LogP contribution is -2.15. The van der Waals surface area contributed by atoms with Crippen LogP contribution < -0.4 is 16.0 Å². The van der Waals surface area contributed by atoms with E-state index in [1.54, 1.807) is 25.5 Å². The van der Waals surface area contributed by atoms with Gasteiger partial charge in [0.2, 0.25) is 0 Å². The van der Waals surface area contributed by atoms with Crippen molar-refractivity contribution >= 4 is 22.5 Å². The van der Waals surface area contributed by atoms with Crippen molar-refractivity contribution < 1.29 is 4.39 Å². The van der Waals surface area contributed by atoms with Crippen LogP contribution in [0.1, 0.15) is 57.9 Å². The maximum Gasteiger partial charge on any atom is 0.147 e. The highest BCUT2D eigenvalue weighted by Gasteiger charge is 2.17. The standard InChI is InChI=1S/C36H46FN5/c1-13-16-35(42-21-25(7)39-22-42)27(9)29(11)41-28(10)26(8)33-19-31(20-34(37)36(33)38-12)30(14-2)18-32(15-3)40-24(6)17-23(4)5/h13-16,18-23,38,40-41H,1,3,6,8,10,17H2,2,4-5,7,9,11-12H3/b29-27+,30-14+,32-18+,35-16+. The second-order valence-electron chi connectivity index (χ2n) is 10.5. The van der Waals surface area contributed by atoms with E-state index in [4.69, 9.17) is 0 Å². The van der Waals surface area contributed by atoms with Crippen molar-refractivity contribution in [2.24, 2.45) is 5.92 Å². The molecule has 0 saturated heterocycles. The molecule has 1 aromatic heterocycles. The average molecular weight is 568 g/mol. The third-order valence-corrected chi connectivity index (χ3v) is 6.73. The maximum atomic E-state index is 15.5. The molecule has 0 radical (unpaired) electrons. The third kappa shape index (κ3) is 8.71. The number of anilines is 1. The summed E-state index contributed by atoms with van der Waals surface area (Å²) in [6.45, 7) is 32.6. The van der Waals surface area contributed by atoms with Gasteiger partial charge in [-0.15, -0.1) is 0 Å². The van der Waals surface area contributed by atoms with Crippen LogP contribution in [0.3, 0.4) is 0 Å². The second-order valence-corrected chi connectivity index (χ2v) is 10.5. The van der Waals surface area contributed by atoms with E-state index >= 15 is 4.39 Å². The van der Waals surface area contributed by atoms with Gasteiger partial charge in [-0.05, 0) is 92.7 Å². The van der Waals surface area contributed by atoms with E-state index in [1.165, 1.54) is 6.07 Å². The lowest BCUT2D eigenvalue weighted by atomic mass is 9.95. The predicted molar refractivity (Wildman–Crippen MR) is 181 cm³/mol.